The van der Waals surface area contributed by atoms with Gasteiger partial charge in [-0.05, 0) is 18.2 Å². The molecular formula is C13H14N4S. The summed E-state index contributed by atoms with van der Waals surface area (Å²) in [6.07, 6.45) is 3.88. The van der Waals surface area contributed by atoms with Crippen LogP contribution >= 0.6 is 11.3 Å². The van der Waals surface area contributed by atoms with Crippen molar-refractivity contribution in [3.05, 3.63) is 30.6 Å². The number of nitrogens with zero attached hydrogens (tertiary/aromatic N) is 3. The van der Waals surface area contributed by atoms with E-state index >= 15 is 0 Å². The lowest BCUT2D eigenvalue weighted by Gasteiger charge is -2.29. The Kier molecular flexibility index (Phi) is 2.28. The lowest BCUT2D eigenvalue weighted by atomic mass is 10.2. The number of nitrogens with one attached hydrogen (secondary N) is 1. The van der Waals surface area contributed by atoms with Crippen LogP contribution in [0, 0.1) is 0 Å². The van der Waals surface area contributed by atoms with E-state index in [9.17, 15) is 0 Å². The van der Waals surface area contributed by atoms with Gasteiger partial charge in [0.15, 0.2) is 4.96 Å². The third-order valence-electron chi connectivity index (χ3n) is 3.49. The van der Waals surface area contributed by atoms with Crippen LogP contribution in [0.25, 0.3) is 15.2 Å². The van der Waals surface area contributed by atoms with Crippen LogP contribution in [0.1, 0.15) is 0 Å². The molecular weight excluding hydrogens is 244 g/mol. The molecule has 1 aromatic carbocycles. The second-order valence-electron chi connectivity index (χ2n) is 4.57. The molecule has 2 aromatic heterocycles. The summed E-state index contributed by atoms with van der Waals surface area (Å²) in [6, 6.07) is 6.72. The van der Waals surface area contributed by atoms with Gasteiger partial charge in [0.25, 0.3) is 0 Å². The molecule has 0 amide bonds. The van der Waals surface area contributed by atoms with Crippen LogP contribution in [0.4, 0.5) is 5.69 Å². The number of thiazole rings is 1. The van der Waals surface area contributed by atoms with Crippen LogP contribution in [-0.4, -0.2) is 35.6 Å². The van der Waals surface area contributed by atoms with E-state index in [0.29, 0.717) is 0 Å². The van der Waals surface area contributed by atoms with E-state index in [1.165, 1.54) is 15.9 Å². The topological polar surface area (TPSA) is 32.6 Å². The Bertz CT molecular complexity index is 693. The van der Waals surface area contributed by atoms with Gasteiger partial charge in [0.05, 0.1) is 10.2 Å². The van der Waals surface area contributed by atoms with E-state index in [-0.39, 0.29) is 0 Å². The summed E-state index contributed by atoms with van der Waals surface area (Å²) in [7, 11) is 0. The van der Waals surface area contributed by atoms with Gasteiger partial charge in [-0.1, -0.05) is 11.3 Å². The smallest absolute Gasteiger partial charge is 0.194 e. The fourth-order valence-electron chi connectivity index (χ4n) is 2.55. The van der Waals surface area contributed by atoms with Crippen molar-refractivity contribution in [2.75, 3.05) is 31.1 Å². The molecule has 1 aliphatic heterocycles. The third kappa shape index (κ3) is 1.51. The standard InChI is InChI=1S/C13H14N4S/c1-2-11-12(18-13-15-5-8-17(11)13)9-10(1)16-6-3-14-4-7-16/h1-2,5,8-9,14H,3-4,6-7H2. The first-order chi connectivity index (χ1) is 8.92. The van der Waals surface area contributed by atoms with E-state index < -0.39 is 0 Å². The zero-order valence-electron chi connectivity index (χ0n) is 9.97. The molecule has 0 aliphatic carbocycles. The summed E-state index contributed by atoms with van der Waals surface area (Å²) in [5, 5.41) is 3.39. The van der Waals surface area contributed by atoms with Crippen molar-refractivity contribution in [2.24, 2.45) is 0 Å². The van der Waals surface area contributed by atoms with Crippen molar-refractivity contribution in [3.8, 4) is 0 Å². The Hall–Kier alpha value is -1.59. The first kappa shape index (κ1) is 10.3. The highest BCUT2D eigenvalue weighted by Gasteiger charge is 2.12. The minimum atomic E-state index is 1.07. The minimum absolute atomic E-state index is 1.07. The van der Waals surface area contributed by atoms with E-state index in [0.717, 1.165) is 31.1 Å². The number of imidazole rings is 1. The maximum atomic E-state index is 4.36. The number of anilines is 1. The second-order valence-corrected chi connectivity index (χ2v) is 5.58. The maximum absolute atomic E-state index is 4.36. The molecule has 0 radical (unpaired) electrons. The van der Waals surface area contributed by atoms with Crippen LogP contribution < -0.4 is 10.2 Å². The maximum Gasteiger partial charge on any atom is 0.194 e. The van der Waals surface area contributed by atoms with Gasteiger partial charge in [-0.2, -0.15) is 0 Å². The fourth-order valence-corrected chi connectivity index (χ4v) is 3.57. The summed E-state index contributed by atoms with van der Waals surface area (Å²) in [4.78, 5) is 7.87. The summed E-state index contributed by atoms with van der Waals surface area (Å²) in [5.74, 6) is 0. The number of hydrogen-bond acceptors (Lipinski definition) is 4. The van der Waals surface area contributed by atoms with Crippen molar-refractivity contribution >= 4 is 32.2 Å². The molecule has 0 saturated carbocycles. The van der Waals surface area contributed by atoms with Crippen molar-refractivity contribution in [3.63, 3.8) is 0 Å². The van der Waals surface area contributed by atoms with Crippen molar-refractivity contribution in [1.82, 2.24) is 14.7 Å². The number of hydrogen-bond donors (Lipinski definition) is 1. The molecule has 1 fully saturated rings. The molecule has 5 heteroatoms. The molecule has 1 aliphatic rings. The predicted octanol–water partition coefficient (Wildman–Crippen LogP) is 1.96. The van der Waals surface area contributed by atoms with Gasteiger partial charge in [0.2, 0.25) is 0 Å². The van der Waals surface area contributed by atoms with Gasteiger partial charge in [-0.3, -0.25) is 4.40 Å². The van der Waals surface area contributed by atoms with Crippen molar-refractivity contribution in [1.29, 1.82) is 0 Å². The Labute approximate surface area is 109 Å². The molecule has 92 valence electrons. The Morgan fingerprint density at radius 2 is 2.11 bits per heavy atom. The van der Waals surface area contributed by atoms with Gasteiger partial charge < -0.3 is 10.2 Å². The van der Waals surface area contributed by atoms with Crippen LogP contribution in [0.3, 0.4) is 0 Å². The highest BCUT2D eigenvalue weighted by molar-refractivity contribution is 7.23. The van der Waals surface area contributed by atoms with Crippen LogP contribution in [0.5, 0.6) is 0 Å². The van der Waals surface area contributed by atoms with Crippen LogP contribution in [-0.2, 0) is 0 Å². The summed E-state index contributed by atoms with van der Waals surface area (Å²) >= 11 is 1.76. The predicted molar refractivity (Wildman–Crippen MR) is 75.7 cm³/mol. The van der Waals surface area contributed by atoms with E-state index in [1.54, 1.807) is 11.3 Å². The zero-order valence-corrected chi connectivity index (χ0v) is 10.8. The third-order valence-corrected chi connectivity index (χ3v) is 4.52. The molecule has 3 aromatic rings. The highest BCUT2D eigenvalue weighted by atomic mass is 32.1. The Morgan fingerprint density at radius 3 is 3.00 bits per heavy atom. The Balaban J connectivity index is 1.82. The molecule has 0 unspecified atom stereocenters. The van der Waals surface area contributed by atoms with Gasteiger partial charge in [0.1, 0.15) is 0 Å². The average Bonchev–Trinajstić information content (AvgIpc) is 2.99. The van der Waals surface area contributed by atoms with Gasteiger partial charge in [0, 0.05) is 44.3 Å². The molecule has 0 spiro atoms. The Morgan fingerprint density at radius 1 is 1.22 bits per heavy atom. The van der Waals surface area contributed by atoms with Crippen molar-refractivity contribution in [2.45, 2.75) is 0 Å². The number of fused-ring (bicyclic) bond motifs is 3. The number of rotatable bonds is 1. The molecule has 1 N–H and O–H groups in total. The van der Waals surface area contributed by atoms with Gasteiger partial charge in [-0.25, -0.2) is 4.98 Å². The summed E-state index contributed by atoms with van der Waals surface area (Å²) < 4.78 is 3.47. The quantitative estimate of drug-likeness (QED) is 0.724. The SMILES string of the molecule is c1cn2c(n1)sc1cc(N3CCNCC3)ccc12. The molecule has 0 bridgehead atoms. The summed E-state index contributed by atoms with van der Waals surface area (Å²) in [5.41, 5.74) is 2.58. The lowest BCUT2D eigenvalue weighted by Crippen LogP contribution is -2.43. The minimum Gasteiger partial charge on any atom is -0.369 e. The first-order valence-electron chi connectivity index (χ1n) is 6.23. The summed E-state index contributed by atoms with van der Waals surface area (Å²) in [6.45, 7) is 4.33. The fraction of sp³-hybridized carbons (Fsp3) is 0.308. The van der Waals surface area contributed by atoms with Crippen LogP contribution in [0.2, 0.25) is 0 Å². The van der Waals surface area contributed by atoms with Gasteiger partial charge in [-0.15, -0.1) is 0 Å². The van der Waals surface area contributed by atoms with Gasteiger partial charge >= 0.3 is 0 Å². The molecule has 4 nitrogen and oxygen atoms in total. The average molecular weight is 258 g/mol. The second kappa shape index (κ2) is 3.96. The van der Waals surface area contributed by atoms with E-state index in [2.05, 4.69) is 37.8 Å². The normalized spacial score (nSPS) is 16.8. The number of piperazine rings is 1. The largest absolute Gasteiger partial charge is 0.369 e. The van der Waals surface area contributed by atoms with E-state index in [1.807, 2.05) is 12.4 Å². The molecule has 0 atom stereocenters. The lowest BCUT2D eigenvalue weighted by molar-refractivity contribution is 0.589. The zero-order chi connectivity index (χ0) is 11.9. The van der Waals surface area contributed by atoms with Crippen LogP contribution in [0.15, 0.2) is 30.6 Å². The highest BCUT2D eigenvalue weighted by Crippen LogP contribution is 2.29. The molecule has 18 heavy (non-hydrogen) atoms. The number of benzene rings is 1. The van der Waals surface area contributed by atoms with Crippen molar-refractivity contribution < 1.29 is 0 Å². The monoisotopic (exact) mass is 258 g/mol. The molecule has 3 heterocycles. The first-order valence-corrected chi connectivity index (χ1v) is 7.05. The van der Waals surface area contributed by atoms with E-state index in [4.69, 9.17) is 0 Å². The molecule has 1 saturated heterocycles. The molecule has 4 rings (SSSR count). The number of aromatic nitrogens is 2.